The van der Waals surface area contributed by atoms with Gasteiger partial charge in [-0.15, -0.1) is 0 Å². The van der Waals surface area contributed by atoms with Crippen molar-refractivity contribution in [1.29, 1.82) is 0 Å². The Bertz CT molecular complexity index is 1020. The van der Waals surface area contributed by atoms with E-state index >= 15 is 0 Å². The van der Waals surface area contributed by atoms with Crippen LogP contribution in [-0.2, 0) is 27.1 Å². The zero-order valence-electron chi connectivity index (χ0n) is 23.0. The van der Waals surface area contributed by atoms with Gasteiger partial charge in [0.05, 0.1) is 18.6 Å². The van der Waals surface area contributed by atoms with Gasteiger partial charge in [-0.1, -0.05) is 12.1 Å². The molecule has 0 aliphatic carbocycles. The second-order valence-electron chi connectivity index (χ2n) is 9.37. The van der Waals surface area contributed by atoms with Crippen LogP contribution in [0.4, 0.5) is 5.69 Å². The van der Waals surface area contributed by atoms with Crippen molar-refractivity contribution in [3.63, 3.8) is 0 Å². The van der Waals surface area contributed by atoms with Gasteiger partial charge in [0, 0.05) is 46.0 Å². The number of anilines is 1. The molecule has 2 rings (SSSR count). The van der Waals surface area contributed by atoms with Crippen molar-refractivity contribution in [3.05, 3.63) is 52.6 Å². The minimum absolute atomic E-state index is 0.0132. The molecule has 0 aliphatic heterocycles. The molecule has 0 bridgehead atoms. The van der Waals surface area contributed by atoms with Crippen molar-refractivity contribution in [2.75, 3.05) is 73.5 Å². The number of hydrogen-bond donors (Lipinski definition) is 1. The van der Waals surface area contributed by atoms with Crippen LogP contribution in [0.3, 0.4) is 0 Å². The number of aryl methyl sites for hydroxylation is 3. The molecule has 2 aromatic carbocycles. The van der Waals surface area contributed by atoms with E-state index in [1.54, 1.807) is 30.4 Å². The molecule has 0 radical (unpaired) electrons. The number of ether oxygens (including phenoxy) is 2. The minimum Gasteiger partial charge on any atom is -0.497 e. The highest BCUT2D eigenvalue weighted by atomic mass is 32.2. The molecule has 200 valence electrons. The summed E-state index contributed by atoms with van der Waals surface area (Å²) < 4.78 is 25.7. The predicted octanol–water partition coefficient (Wildman–Crippen LogP) is 3.22. The van der Waals surface area contributed by atoms with Gasteiger partial charge < -0.3 is 24.6 Å². The Morgan fingerprint density at radius 3 is 2.22 bits per heavy atom. The van der Waals surface area contributed by atoms with E-state index in [1.165, 1.54) is 0 Å². The van der Waals surface area contributed by atoms with Gasteiger partial charge in [-0.25, -0.2) is 8.51 Å². The summed E-state index contributed by atoms with van der Waals surface area (Å²) in [6.07, 6.45) is 0. The molecular formula is C27H42N4O4S. The van der Waals surface area contributed by atoms with Crippen molar-refractivity contribution in [2.24, 2.45) is 0 Å². The van der Waals surface area contributed by atoms with Gasteiger partial charge in [-0.05, 0) is 75.3 Å². The van der Waals surface area contributed by atoms with Crippen LogP contribution in [0.5, 0.6) is 5.75 Å². The molecule has 1 N–H and O–H groups in total. The van der Waals surface area contributed by atoms with Crippen molar-refractivity contribution >= 4 is 22.6 Å². The van der Waals surface area contributed by atoms with Crippen LogP contribution in [0.1, 0.15) is 22.3 Å². The number of nitrogens with zero attached hydrogens (tertiary/aromatic N) is 3. The summed E-state index contributed by atoms with van der Waals surface area (Å²) in [6, 6.07) is 9.99. The fourth-order valence-corrected chi connectivity index (χ4v) is 5.02. The van der Waals surface area contributed by atoms with Gasteiger partial charge in [0.15, 0.2) is 0 Å². The van der Waals surface area contributed by atoms with Gasteiger partial charge in [0.25, 0.3) is 0 Å². The summed E-state index contributed by atoms with van der Waals surface area (Å²) in [4.78, 5) is 17.1. The maximum Gasteiger partial charge on any atom is 0.248 e. The average molecular weight is 519 g/mol. The average Bonchev–Trinajstić information content (AvgIpc) is 2.81. The molecule has 0 saturated carbocycles. The summed E-state index contributed by atoms with van der Waals surface area (Å²) in [5.74, 6) is 0.661. The second-order valence-corrected chi connectivity index (χ2v) is 10.9. The van der Waals surface area contributed by atoms with Gasteiger partial charge in [-0.2, -0.15) is 0 Å². The number of carbonyl (C=O) groups is 1. The van der Waals surface area contributed by atoms with Crippen LogP contribution in [0.25, 0.3) is 0 Å². The molecule has 36 heavy (non-hydrogen) atoms. The minimum atomic E-state index is -1.33. The van der Waals surface area contributed by atoms with Crippen molar-refractivity contribution in [3.8, 4) is 5.75 Å². The van der Waals surface area contributed by atoms with Gasteiger partial charge in [0.2, 0.25) is 5.91 Å². The number of amides is 1. The van der Waals surface area contributed by atoms with Crippen molar-refractivity contribution in [2.45, 2.75) is 32.2 Å². The highest BCUT2D eigenvalue weighted by Crippen LogP contribution is 2.25. The normalized spacial score (nSPS) is 12.2. The van der Waals surface area contributed by atoms with E-state index in [-0.39, 0.29) is 12.5 Å². The Morgan fingerprint density at radius 2 is 1.64 bits per heavy atom. The van der Waals surface area contributed by atoms with Crippen LogP contribution in [-0.4, -0.2) is 92.4 Å². The molecule has 2 aromatic rings. The van der Waals surface area contributed by atoms with E-state index in [9.17, 15) is 9.00 Å². The summed E-state index contributed by atoms with van der Waals surface area (Å²) in [5.41, 5.74) is 5.17. The van der Waals surface area contributed by atoms with E-state index in [0.717, 1.165) is 51.7 Å². The number of benzene rings is 2. The molecule has 0 spiro atoms. The third-order valence-electron chi connectivity index (χ3n) is 5.91. The van der Waals surface area contributed by atoms with Crippen LogP contribution in [0, 0.1) is 20.8 Å². The summed E-state index contributed by atoms with van der Waals surface area (Å²) in [5, 5.41) is 3.45. The molecule has 0 fully saturated rings. The fourth-order valence-electron chi connectivity index (χ4n) is 3.80. The Morgan fingerprint density at radius 1 is 0.972 bits per heavy atom. The number of carbonyl (C=O) groups excluding carboxylic acids is 1. The SMILES string of the molecule is COc1cc(C)c(S(=O)N(C)CCOCC(=O)N(C)Cc2ccc(NCCN(C)C)c(C)c2)c(C)c1. The van der Waals surface area contributed by atoms with Crippen LogP contribution < -0.4 is 10.1 Å². The van der Waals surface area contributed by atoms with Gasteiger partial charge in [-0.3, -0.25) is 4.79 Å². The lowest BCUT2D eigenvalue weighted by Crippen LogP contribution is -2.32. The predicted molar refractivity (Wildman–Crippen MR) is 147 cm³/mol. The largest absolute Gasteiger partial charge is 0.497 e. The lowest BCUT2D eigenvalue weighted by Gasteiger charge is -2.20. The quantitative estimate of drug-likeness (QED) is 0.387. The number of likely N-dealkylation sites (N-methyl/N-ethyl adjacent to an activating group) is 3. The summed E-state index contributed by atoms with van der Waals surface area (Å²) in [6.45, 7) is 9.02. The topological polar surface area (TPSA) is 74.3 Å². The number of nitrogens with one attached hydrogen (secondary N) is 1. The molecule has 1 unspecified atom stereocenters. The molecular weight excluding hydrogens is 476 g/mol. The molecule has 0 saturated heterocycles. The maximum atomic E-state index is 13.0. The first-order valence-electron chi connectivity index (χ1n) is 12.1. The number of methoxy groups -OCH3 is 1. The van der Waals surface area contributed by atoms with Gasteiger partial charge >= 0.3 is 0 Å². The van der Waals surface area contributed by atoms with E-state index < -0.39 is 11.0 Å². The number of rotatable bonds is 14. The summed E-state index contributed by atoms with van der Waals surface area (Å²) >= 11 is 0. The number of hydrogen-bond acceptors (Lipinski definition) is 6. The molecule has 1 atom stereocenters. The Labute approximate surface area is 219 Å². The van der Waals surface area contributed by atoms with E-state index in [1.807, 2.05) is 32.0 Å². The molecule has 0 aliphatic rings. The van der Waals surface area contributed by atoms with Crippen molar-refractivity contribution in [1.82, 2.24) is 14.1 Å². The Hall–Kier alpha value is -2.46. The lowest BCUT2D eigenvalue weighted by atomic mass is 10.1. The molecule has 9 heteroatoms. The molecule has 1 amide bonds. The molecule has 0 heterocycles. The van der Waals surface area contributed by atoms with Crippen molar-refractivity contribution < 1.29 is 18.5 Å². The van der Waals surface area contributed by atoms with E-state index in [2.05, 4.69) is 43.4 Å². The summed E-state index contributed by atoms with van der Waals surface area (Å²) in [7, 11) is 7.97. The lowest BCUT2D eigenvalue weighted by molar-refractivity contribution is -0.135. The third-order valence-corrected chi connectivity index (χ3v) is 7.66. The third kappa shape index (κ3) is 8.89. The zero-order chi connectivity index (χ0) is 26.8. The fraction of sp³-hybridized carbons (Fsp3) is 0.519. The second kappa shape index (κ2) is 14.3. The van der Waals surface area contributed by atoms with Gasteiger partial charge in [0.1, 0.15) is 23.3 Å². The standard InChI is InChI=1S/C27H42N4O4S/c1-20-15-23(9-10-25(20)28-11-12-29(4)5)18-30(6)26(32)19-35-14-13-31(7)36(33)27-21(2)16-24(34-8)17-22(27)3/h9-10,15-17,28H,11-14,18-19H2,1-8H3. The van der Waals surface area contributed by atoms with Crippen LogP contribution in [0.2, 0.25) is 0 Å². The van der Waals surface area contributed by atoms with Crippen LogP contribution in [0.15, 0.2) is 35.2 Å². The van der Waals surface area contributed by atoms with E-state index in [0.29, 0.717) is 19.7 Å². The highest BCUT2D eigenvalue weighted by Gasteiger charge is 2.17. The van der Waals surface area contributed by atoms with Crippen LogP contribution >= 0.6 is 0 Å². The maximum absolute atomic E-state index is 13.0. The molecule has 8 nitrogen and oxygen atoms in total. The first kappa shape index (κ1) is 29.8. The highest BCUT2D eigenvalue weighted by molar-refractivity contribution is 7.82. The molecule has 0 aromatic heterocycles. The van der Waals surface area contributed by atoms with E-state index in [4.69, 9.17) is 9.47 Å². The first-order chi connectivity index (χ1) is 17.0. The Kier molecular flexibility index (Phi) is 11.8. The Balaban J connectivity index is 1.79. The zero-order valence-corrected chi connectivity index (χ0v) is 23.8. The monoisotopic (exact) mass is 518 g/mol. The smallest absolute Gasteiger partial charge is 0.248 e. The first-order valence-corrected chi connectivity index (χ1v) is 13.2.